The Morgan fingerprint density at radius 1 is 1.50 bits per heavy atom. The number of carboxylic acids is 1. The van der Waals surface area contributed by atoms with Crippen LogP contribution in [0, 0.1) is 6.92 Å². The van der Waals surface area contributed by atoms with E-state index in [1.165, 1.54) is 0 Å². The van der Waals surface area contributed by atoms with Gasteiger partial charge >= 0.3 is 13.1 Å². The summed E-state index contributed by atoms with van der Waals surface area (Å²) in [6, 6.07) is 3.86. The fraction of sp³-hybridized carbons (Fsp3) is 0.300. The Morgan fingerprint density at radius 2 is 2.12 bits per heavy atom. The van der Waals surface area contributed by atoms with Gasteiger partial charge in [0.2, 0.25) is 0 Å². The van der Waals surface area contributed by atoms with Crippen LogP contribution in [0.5, 0.6) is 0 Å². The van der Waals surface area contributed by atoms with Gasteiger partial charge in [0.25, 0.3) is 0 Å². The highest BCUT2D eigenvalue weighted by Crippen LogP contribution is 2.08. The molecule has 0 saturated heterocycles. The van der Waals surface area contributed by atoms with Crippen LogP contribution in [-0.4, -0.2) is 34.3 Å². The maximum Gasteiger partial charge on any atom is 0.488 e. The van der Waals surface area contributed by atoms with Crippen LogP contribution in [0.25, 0.3) is 0 Å². The van der Waals surface area contributed by atoms with Crippen molar-refractivity contribution in [1.82, 2.24) is 0 Å². The van der Waals surface area contributed by atoms with E-state index in [1.807, 2.05) is 6.92 Å². The second-order valence-electron chi connectivity index (χ2n) is 3.71. The van der Waals surface area contributed by atoms with Gasteiger partial charge in [-0.2, -0.15) is 0 Å². The van der Waals surface area contributed by atoms with Crippen molar-refractivity contribution in [1.29, 1.82) is 0 Å². The predicted octanol–water partition coefficient (Wildman–Crippen LogP) is -1.37. The summed E-state index contributed by atoms with van der Waals surface area (Å²) in [6.45, 7) is 1.82. The van der Waals surface area contributed by atoms with Crippen molar-refractivity contribution in [2.75, 3.05) is 0 Å². The lowest BCUT2D eigenvalue weighted by Gasteiger charge is -2.11. The van der Waals surface area contributed by atoms with Gasteiger partial charge in [-0.25, -0.2) is 0 Å². The molecule has 0 heterocycles. The van der Waals surface area contributed by atoms with Gasteiger partial charge in [0.15, 0.2) is 0 Å². The number of benzene rings is 1. The molecule has 0 aliphatic rings. The second kappa shape index (κ2) is 5.11. The van der Waals surface area contributed by atoms with Crippen LogP contribution < -0.4 is 11.2 Å². The lowest BCUT2D eigenvalue weighted by atomic mass is 9.78. The Hall–Kier alpha value is -1.37. The maximum atomic E-state index is 10.6. The number of rotatable bonds is 4. The molecular weight excluding hydrogens is 209 g/mol. The van der Waals surface area contributed by atoms with E-state index in [1.54, 1.807) is 18.2 Å². The molecule has 0 unspecified atom stereocenters. The molecule has 1 aromatic rings. The quantitative estimate of drug-likeness (QED) is 0.471. The molecule has 6 heteroatoms. The van der Waals surface area contributed by atoms with Crippen molar-refractivity contribution in [3.8, 4) is 0 Å². The molecule has 1 rings (SSSR count). The summed E-state index contributed by atoms with van der Waals surface area (Å²) >= 11 is 0. The highest BCUT2D eigenvalue weighted by molar-refractivity contribution is 6.58. The first kappa shape index (κ1) is 12.7. The average molecular weight is 223 g/mol. The van der Waals surface area contributed by atoms with Gasteiger partial charge in [0, 0.05) is 0 Å². The summed E-state index contributed by atoms with van der Waals surface area (Å²) in [5.41, 5.74) is 7.34. The number of nitrogens with two attached hydrogens (primary N) is 1. The minimum absolute atomic E-state index is 0.168. The molecule has 16 heavy (non-hydrogen) atoms. The number of hydrogen-bond acceptors (Lipinski definition) is 4. The number of aliphatic carboxylic acids is 1. The normalized spacial score (nSPS) is 12.2. The molecule has 5 nitrogen and oxygen atoms in total. The number of aryl methyl sites for hydroxylation is 1. The van der Waals surface area contributed by atoms with Crippen LogP contribution in [0.4, 0.5) is 0 Å². The molecule has 0 aliphatic carbocycles. The van der Waals surface area contributed by atoms with Gasteiger partial charge in [-0.05, 0) is 29.9 Å². The molecule has 0 aliphatic heterocycles. The molecule has 0 amide bonds. The molecule has 0 fully saturated rings. The van der Waals surface area contributed by atoms with Crippen molar-refractivity contribution in [2.45, 2.75) is 19.4 Å². The van der Waals surface area contributed by atoms with Crippen LogP contribution in [0.1, 0.15) is 11.1 Å². The van der Waals surface area contributed by atoms with Gasteiger partial charge in [0.05, 0.1) is 0 Å². The Labute approximate surface area is 93.7 Å². The minimum atomic E-state index is -1.56. The summed E-state index contributed by atoms with van der Waals surface area (Å²) in [5, 5.41) is 26.7. The van der Waals surface area contributed by atoms with Crippen molar-refractivity contribution < 1.29 is 19.9 Å². The lowest BCUT2D eigenvalue weighted by Crippen LogP contribution is -2.34. The molecule has 0 bridgehead atoms. The summed E-state index contributed by atoms with van der Waals surface area (Å²) in [5.74, 6) is -1.07. The van der Waals surface area contributed by atoms with Crippen LogP contribution in [0.15, 0.2) is 18.2 Å². The van der Waals surface area contributed by atoms with Crippen molar-refractivity contribution in [2.24, 2.45) is 5.73 Å². The van der Waals surface area contributed by atoms with Gasteiger partial charge in [0.1, 0.15) is 6.04 Å². The van der Waals surface area contributed by atoms with Crippen LogP contribution in [-0.2, 0) is 11.2 Å². The molecule has 1 aromatic carbocycles. The Bertz CT molecular complexity index is 394. The minimum Gasteiger partial charge on any atom is -0.480 e. The highest BCUT2D eigenvalue weighted by atomic mass is 16.4. The molecule has 1 atom stereocenters. The topological polar surface area (TPSA) is 104 Å². The third-order valence-electron chi connectivity index (χ3n) is 2.43. The SMILES string of the molecule is Cc1ccc(B(O)O)cc1C[C@H](N)C(=O)O. The van der Waals surface area contributed by atoms with Gasteiger partial charge in [-0.15, -0.1) is 0 Å². The molecule has 0 spiro atoms. The van der Waals surface area contributed by atoms with Crippen LogP contribution in [0.3, 0.4) is 0 Å². The molecule has 0 aromatic heterocycles. The Balaban J connectivity index is 2.94. The third kappa shape index (κ3) is 3.06. The van der Waals surface area contributed by atoms with Crippen LogP contribution >= 0.6 is 0 Å². The largest absolute Gasteiger partial charge is 0.488 e. The number of carboxylic acid groups (broad SMARTS) is 1. The van der Waals surface area contributed by atoms with Crippen molar-refractivity contribution in [3.05, 3.63) is 29.3 Å². The zero-order valence-corrected chi connectivity index (χ0v) is 8.92. The zero-order valence-electron chi connectivity index (χ0n) is 8.92. The van der Waals surface area contributed by atoms with E-state index in [-0.39, 0.29) is 6.42 Å². The first-order chi connectivity index (χ1) is 7.41. The summed E-state index contributed by atoms with van der Waals surface area (Å²) < 4.78 is 0. The first-order valence-corrected chi connectivity index (χ1v) is 4.85. The molecule has 0 saturated carbocycles. The van der Waals surface area contributed by atoms with Crippen LogP contribution in [0.2, 0.25) is 0 Å². The smallest absolute Gasteiger partial charge is 0.480 e. The summed E-state index contributed by atoms with van der Waals surface area (Å²) in [6.07, 6.45) is 0.168. The molecule has 5 N–H and O–H groups in total. The van der Waals surface area contributed by atoms with E-state index in [0.29, 0.717) is 11.0 Å². The first-order valence-electron chi connectivity index (χ1n) is 4.85. The maximum absolute atomic E-state index is 10.6. The molecule has 86 valence electrons. The molecule has 0 radical (unpaired) electrons. The van der Waals surface area contributed by atoms with E-state index in [9.17, 15) is 4.79 Å². The third-order valence-corrected chi connectivity index (χ3v) is 2.43. The zero-order chi connectivity index (χ0) is 12.3. The predicted molar refractivity (Wildman–Crippen MR) is 60.3 cm³/mol. The van der Waals surface area contributed by atoms with Crippen molar-refractivity contribution in [3.63, 3.8) is 0 Å². The van der Waals surface area contributed by atoms with Crippen molar-refractivity contribution >= 4 is 18.6 Å². The van der Waals surface area contributed by atoms with Gasteiger partial charge in [-0.1, -0.05) is 18.2 Å². The van der Waals surface area contributed by atoms with E-state index < -0.39 is 19.1 Å². The summed E-state index contributed by atoms with van der Waals surface area (Å²) in [4.78, 5) is 10.6. The van der Waals surface area contributed by atoms with Gasteiger partial charge in [-0.3, -0.25) is 4.79 Å². The number of carbonyl (C=O) groups is 1. The van der Waals surface area contributed by atoms with E-state index in [4.69, 9.17) is 20.9 Å². The summed E-state index contributed by atoms with van der Waals surface area (Å²) in [7, 11) is -1.56. The lowest BCUT2D eigenvalue weighted by molar-refractivity contribution is -0.138. The number of hydrogen-bond donors (Lipinski definition) is 4. The second-order valence-corrected chi connectivity index (χ2v) is 3.71. The Kier molecular flexibility index (Phi) is 4.06. The van der Waals surface area contributed by atoms with E-state index in [0.717, 1.165) is 5.56 Å². The average Bonchev–Trinajstić information content (AvgIpc) is 2.20. The fourth-order valence-electron chi connectivity index (χ4n) is 1.40. The fourth-order valence-corrected chi connectivity index (χ4v) is 1.40. The van der Waals surface area contributed by atoms with Gasteiger partial charge < -0.3 is 20.9 Å². The van der Waals surface area contributed by atoms with E-state index in [2.05, 4.69) is 0 Å². The Morgan fingerprint density at radius 3 is 2.62 bits per heavy atom. The van der Waals surface area contributed by atoms with E-state index >= 15 is 0 Å². The standard InChI is InChI=1S/C10H14BNO4/c1-6-2-3-8(11(15)16)4-7(6)5-9(12)10(13)14/h2-4,9,15-16H,5,12H2,1H3,(H,13,14)/t9-/m0/s1. The highest BCUT2D eigenvalue weighted by Gasteiger charge is 2.16. The molecular formula is C10H14BNO4. The monoisotopic (exact) mass is 223 g/mol.